The van der Waals surface area contributed by atoms with E-state index in [-0.39, 0.29) is 0 Å². The van der Waals surface area contributed by atoms with E-state index in [2.05, 4.69) is 25.3 Å². The summed E-state index contributed by atoms with van der Waals surface area (Å²) in [7, 11) is 0. The summed E-state index contributed by atoms with van der Waals surface area (Å²) in [6, 6.07) is 5.38. The van der Waals surface area contributed by atoms with Crippen molar-refractivity contribution in [3.63, 3.8) is 0 Å². The van der Waals surface area contributed by atoms with Crippen LogP contribution in [0.4, 0.5) is 5.82 Å². The first-order valence-corrected chi connectivity index (χ1v) is 9.66. The summed E-state index contributed by atoms with van der Waals surface area (Å²) >= 11 is 12.1. The third-order valence-corrected chi connectivity index (χ3v) is 5.30. The van der Waals surface area contributed by atoms with Gasteiger partial charge in [0.25, 0.3) is 0 Å². The third kappa shape index (κ3) is 4.16. The monoisotopic (exact) mass is 406 g/mol. The summed E-state index contributed by atoms with van der Waals surface area (Å²) in [4.78, 5) is 11.2. The van der Waals surface area contributed by atoms with Gasteiger partial charge in [0.15, 0.2) is 5.65 Å². The second-order valence-corrected chi connectivity index (χ2v) is 7.16. The van der Waals surface area contributed by atoms with Crippen LogP contribution in [0.25, 0.3) is 16.7 Å². The van der Waals surface area contributed by atoms with Gasteiger partial charge in [0.2, 0.25) is 0 Å². The standard InChI is InChI=1S/C18H20Cl2N6O/c19-15-3-2-13(10-16(15)20)26-18-14(11-24-26)17(22-12-23-18)21-4-1-5-25-6-8-27-9-7-25/h2-3,10-12H,1,4-9H2,(H,21,22,23). The highest BCUT2D eigenvalue weighted by atomic mass is 35.5. The van der Waals surface area contributed by atoms with Gasteiger partial charge in [0, 0.05) is 19.6 Å². The molecule has 0 spiro atoms. The van der Waals surface area contributed by atoms with Gasteiger partial charge in [0.05, 0.1) is 40.5 Å². The molecule has 9 heteroatoms. The van der Waals surface area contributed by atoms with E-state index in [1.165, 1.54) is 0 Å². The number of hydrogen-bond acceptors (Lipinski definition) is 6. The number of aromatic nitrogens is 4. The Morgan fingerprint density at radius 3 is 2.78 bits per heavy atom. The molecule has 0 atom stereocenters. The van der Waals surface area contributed by atoms with Gasteiger partial charge >= 0.3 is 0 Å². The lowest BCUT2D eigenvalue weighted by atomic mass is 10.3. The van der Waals surface area contributed by atoms with Crippen LogP contribution in [0.5, 0.6) is 0 Å². The fourth-order valence-electron chi connectivity index (χ4n) is 3.12. The number of morpholine rings is 1. The lowest BCUT2D eigenvalue weighted by molar-refractivity contribution is 0.0378. The van der Waals surface area contributed by atoms with Gasteiger partial charge in [-0.25, -0.2) is 14.6 Å². The van der Waals surface area contributed by atoms with Gasteiger partial charge in [-0.3, -0.25) is 4.90 Å². The van der Waals surface area contributed by atoms with Crippen molar-refractivity contribution in [2.45, 2.75) is 6.42 Å². The molecule has 1 saturated heterocycles. The molecule has 0 unspecified atom stereocenters. The SMILES string of the molecule is Clc1ccc(-n2ncc3c(NCCCN4CCOCC4)ncnc32)cc1Cl. The Bertz CT molecular complexity index is 925. The number of hydrogen-bond donors (Lipinski definition) is 1. The van der Waals surface area contributed by atoms with Crippen LogP contribution in [0.2, 0.25) is 10.0 Å². The van der Waals surface area contributed by atoms with Crippen LogP contribution in [0.1, 0.15) is 6.42 Å². The Hall–Kier alpha value is -1.93. The zero-order valence-corrected chi connectivity index (χ0v) is 16.2. The molecule has 0 saturated carbocycles. The summed E-state index contributed by atoms with van der Waals surface area (Å²) in [6.07, 6.45) is 4.34. The summed E-state index contributed by atoms with van der Waals surface area (Å²) in [5, 5.41) is 9.71. The normalized spacial score (nSPS) is 15.3. The van der Waals surface area contributed by atoms with Crippen LogP contribution in [0.15, 0.2) is 30.7 Å². The first kappa shape index (κ1) is 18.4. The average molecular weight is 407 g/mol. The molecule has 3 heterocycles. The molecule has 1 aliphatic rings. The van der Waals surface area contributed by atoms with Crippen molar-refractivity contribution < 1.29 is 4.74 Å². The first-order valence-electron chi connectivity index (χ1n) is 8.90. The van der Waals surface area contributed by atoms with Crippen molar-refractivity contribution in [2.24, 2.45) is 0 Å². The molecule has 1 fully saturated rings. The highest BCUT2D eigenvalue weighted by molar-refractivity contribution is 6.42. The van der Waals surface area contributed by atoms with Crippen LogP contribution < -0.4 is 5.32 Å². The Morgan fingerprint density at radius 1 is 1.11 bits per heavy atom. The highest BCUT2D eigenvalue weighted by Crippen LogP contribution is 2.27. The van der Waals surface area contributed by atoms with Crippen LogP contribution >= 0.6 is 23.2 Å². The lowest BCUT2D eigenvalue weighted by Crippen LogP contribution is -2.37. The largest absolute Gasteiger partial charge is 0.379 e. The molecule has 2 aromatic heterocycles. The minimum atomic E-state index is 0.480. The van der Waals surface area contributed by atoms with Gasteiger partial charge in [-0.2, -0.15) is 5.10 Å². The van der Waals surface area contributed by atoms with E-state index in [4.69, 9.17) is 27.9 Å². The van der Waals surface area contributed by atoms with Gasteiger partial charge in [0.1, 0.15) is 12.1 Å². The topological polar surface area (TPSA) is 68.1 Å². The Kier molecular flexibility index (Phi) is 5.73. The summed E-state index contributed by atoms with van der Waals surface area (Å²) < 4.78 is 7.11. The van der Waals surface area contributed by atoms with E-state index in [0.29, 0.717) is 10.0 Å². The maximum absolute atomic E-state index is 6.13. The zero-order valence-electron chi connectivity index (χ0n) is 14.7. The van der Waals surface area contributed by atoms with Crippen molar-refractivity contribution in [2.75, 3.05) is 44.7 Å². The fourth-order valence-corrected chi connectivity index (χ4v) is 3.42. The molecule has 0 amide bonds. The number of benzene rings is 1. The van der Waals surface area contributed by atoms with Crippen LogP contribution in [-0.4, -0.2) is 64.0 Å². The molecule has 1 aromatic carbocycles. The molecule has 142 valence electrons. The minimum Gasteiger partial charge on any atom is -0.379 e. The van der Waals surface area contributed by atoms with E-state index >= 15 is 0 Å². The summed E-state index contributed by atoms with van der Waals surface area (Å²) in [6.45, 7) is 5.55. The fraction of sp³-hybridized carbons (Fsp3) is 0.389. The smallest absolute Gasteiger partial charge is 0.168 e. The number of nitrogens with one attached hydrogen (secondary N) is 1. The first-order chi connectivity index (χ1) is 13.2. The minimum absolute atomic E-state index is 0.480. The Balaban J connectivity index is 1.46. The number of fused-ring (bicyclic) bond motifs is 1. The molecule has 7 nitrogen and oxygen atoms in total. The van der Waals surface area contributed by atoms with Crippen molar-refractivity contribution in [3.05, 3.63) is 40.8 Å². The molecule has 1 aliphatic heterocycles. The predicted octanol–water partition coefficient (Wildman–Crippen LogP) is 3.26. The second kappa shape index (κ2) is 8.39. The molecule has 0 radical (unpaired) electrons. The van der Waals surface area contributed by atoms with Crippen molar-refractivity contribution in [3.8, 4) is 5.69 Å². The molecule has 0 bridgehead atoms. The highest BCUT2D eigenvalue weighted by Gasteiger charge is 2.13. The molecule has 0 aliphatic carbocycles. The van der Waals surface area contributed by atoms with Crippen molar-refractivity contribution in [1.82, 2.24) is 24.6 Å². The van der Waals surface area contributed by atoms with Crippen molar-refractivity contribution >= 4 is 40.1 Å². The van der Waals surface area contributed by atoms with Gasteiger partial charge in [-0.1, -0.05) is 23.2 Å². The maximum Gasteiger partial charge on any atom is 0.168 e. The molecule has 4 rings (SSSR count). The zero-order chi connectivity index (χ0) is 18.6. The van der Waals surface area contributed by atoms with Gasteiger partial charge in [-0.15, -0.1) is 0 Å². The van der Waals surface area contributed by atoms with Crippen LogP contribution in [-0.2, 0) is 4.74 Å². The molecule has 27 heavy (non-hydrogen) atoms. The number of ether oxygens (including phenoxy) is 1. The number of rotatable bonds is 6. The quantitative estimate of drug-likeness (QED) is 0.633. The molecular formula is C18H20Cl2N6O. The number of anilines is 1. The van der Waals surface area contributed by atoms with E-state index in [1.807, 2.05) is 6.07 Å². The predicted molar refractivity (Wildman–Crippen MR) is 107 cm³/mol. The van der Waals surface area contributed by atoms with Crippen molar-refractivity contribution in [1.29, 1.82) is 0 Å². The lowest BCUT2D eigenvalue weighted by Gasteiger charge is -2.26. The maximum atomic E-state index is 6.13. The van der Waals surface area contributed by atoms with E-state index < -0.39 is 0 Å². The Morgan fingerprint density at radius 2 is 1.96 bits per heavy atom. The molecular weight excluding hydrogens is 387 g/mol. The van der Waals surface area contributed by atoms with E-state index in [1.54, 1.807) is 29.3 Å². The van der Waals surface area contributed by atoms with Gasteiger partial charge < -0.3 is 10.1 Å². The Labute approximate surface area is 167 Å². The second-order valence-electron chi connectivity index (χ2n) is 6.35. The van der Waals surface area contributed by atoms with Gasteiger partial charge in [-0.05, 0) is 31.2 Å². The van der Waals surface area contributed by atoms with Crippen LogP contribution in [0.3, 0.4) is 0 Å². The summed E-state index contributed by atoms with van der Waals surface area (Å²) in [5.41, 5.74) is 1.52. The van der Waals surface area contributed by atoms with E-state index in [9.17, 15) is 0 Å². The third-order valence-electron chi connectivity index (χ3n) is 4.56. The summed E-state index contributed by atoms with van der Waals surface area (Å²) in [5.74, 6) is 0.785. The molecule has 1 N–H and O–H groups in total. The number of halogens is 2. The number of nitrogens with zero attached hydrogens (tertiary/aromatic N) is 5. The van der Waals surface area contributed by atoms with Crippen LogP contribution in [0, 0.1) is 0 Å². The molecule has 3 aromatic rings. The average Bonchev–Trinajstić information content (AvgIpc) is 3.13. The van der Waals surface area contributed by atoms with E-state index in [0.717, 1.165) is 68.4 Å².